The Labute approximate surface area is 112 Å². The Kier molecular flexibility index (Phi) is 5.15. The van der Waals surface area contributed by atoms with Gasteiger partial charge in [-0.05, 0) is 32.6 Å². The van der Waals surface area contributed by atoms with E-state index in [1.807, 2.05) is 0 Å². The van der Waals surface area contributed by atoms with Gasteiger partial charge >= 0.3 is 5.97 Å². The smallest absolute Gasteiger partial charge is 0.335 e. The van der Waals surface area contributed by atoms with E-state index in [1.165, 1.54) is 0 Å². The molecule has 2 atom stereocenters. The third-order valence-electron chi connectivity index (χ3n) is 3.18. The van der Waals surface area contributed by atoms with E-state index in [1.54, 1.807) is 6.92 Å². The molecule has 0 spiro atoms. The van der Waals surface area contributed by atoms with Crippen molar-refractivity contribution in [3.05, 3.63) is 0 Å². The van der Waals surface area contributed by atoms with E-state index in [2.05, 4.69) is 5.32 Å². The van der Waals surface area contributed by atoms with Crippen LogP contribution in [0.5, 0.6) is 0 Å². The number of nitrogens with one attached hydrogen (secondary N) is 1. The number of hydrogen-bond donors (Lipinski definition) is 1. The van der Waals surface area contributed by atoms with E-state index in [0.717, 1.165) is 32.3 Å². The Hall–Kier alpha value is -1.14. The molecule has 2 rings (SSSR count). The van der Waals surface area contributed by atoms with Crippen molar-refractivity contribution in [1.29, 1.82) is 0 Å². The van der Waals surface area contributed by atoms with Crippen LogP contribution >= 0.6 is 0 Å². The normalized spacial score (nSPS) is 23.9. The lowest BCUT2D eigenvalue weighted by Gasteiger charge is -2.15. The van der Waals surface area contributed by atoms with E-state index < -0.39 is 12.1 Å². The Morgan fingerprint density at radius 2 is 2.16 bits per heavy atom. The number of hydrogen-bond acceptors (Lipinski definition) is 5. The minimum atomic E-state index is -0.669. The van der Waals surface area contributed by atoms with Crippen molar-refractivity contribution < 1.29 is 23.8 Å². The minimum Gasteiger partial charge on any atom is -0.454 e. The molecule has 1 N–H and O–H groups in total. The fraction of sp³-hybridized carbons (Fsp3) is 0.846. The molecule has 19 heavy (non-hydrogen) atoms. The standard InChI is InChI=1S/C13H21NO5/c1-9(18-7-11-3-2-6-17-11)13(16)19-8-12(15)14-10-4-5-10/h9-11H,2-8H2,1H3,(H,14,15). The van der Waals surface area contributed by atoms with Gasteiger partial charge in [0.25, 0.3) is 5.91 Å². The first-order chi connectivity index (χ1) is 9.15. The van der Waals surface area contributed by atoms with Crippen LogP contribution in [0.4, 0.5) is 0 Å². The highest BCUT2D eigenvalue weighted by molar-refractivity contribution is 5.82. The Balaban J connectivity index is 1.56. The van der Waals surface area contributed by atoms with Crippen LogP contribution in [0.25, 0.3) is 0 Å². The molecule has 0 aromatic rings. The van der Waals surface area contributed by atoms with Gasteiger partial charge in [0.1, 0.15) is 0 Å². The molecule has 0 radical (unpaired) electrons. The first-order valence-electron chi connectivity index (χ1n) is 6.84. The van der Waals surface area contributed by atoms with Crippen LogP contribution in [-0.2, 0) is 23.8 Å². The zero-order valence-corrected chi connectivity index (χ0v) is 11.2. The number of ether oxygens (including phenoxy) is 3. The van der Waals surface area contributed by atoms with Crippen LogP contribution < -0.4 is 5.32 Å². The zero-order valence-electron chi connectivity index (χ0n) is 11.2. The number of esters is 1. The molecule has 0 bridgehead atoms. The van der Waals surface area contributed by atoms with Gasteiger partial charge in [0.2, 0.25) is 0 Å². The second-order valence-corrected chi connectivity index (χ2v) is 5.06. The molecule has 6 heteroatoms. The molecular weight excluding hydrogens is 250 g/mol. The van der Waals surface area contributed by atoms with E-state index in [9.17, 15) is 9.59 Å². The predicted octanol–water partition coefficient (Wildman–Crippen LogP) is 0.392. The molecule has 2 unspecified atom stereocenters. The molecule has 1 heterocycles. The molecule has 1 saturated heterocycles. The van der Waals surface area contributed by atoms with E-state index in [4.69, 9.17) is 14.2 Å². The summed E-state index contributed by atoms with van der Waals surface area (Å²) in [5, 5.41) is 2.75. The fourth-order valence-electron chi connectivity index (χ4n) is 1.85. The number of rotatable bonds is 7. The number of carbonyl (C=O) groups excluding carboxylic acids is 2. The second kappa shape index (κ2) is 6.86. The van der Waals surface area contributed by atoms with Crippen molar-refractivity contribution in [3.8, 4) is 0 Å². The fourth-order valence-corrected chi connectivity index (χ4v) is 1.85. The zero-order chi connectivity index (χ0) is 13.7. The minimum absolute atomic E-state index is 0.0772. The SMILES string of the molecule is CC(OCC1CCCO1)C(=O)OCC(=O)NC1CC1. The molecule has 1 saturated carbocycles. The molecule has 2 aliphatic rings. The molecule has 6 nitrogen and oxygen atoms in total. The van der Waals surface area contributed by atoms with Crippen molar-refractivity contribution in [2.24, 2.45) is 0 Å². The van der Waals surface area contributed by atoms with Crippen LogP contribution in [0, 0.1) is 0 Å². The molecule has 0 aromatic heterocycles. The third kappa shape index (κ3) is 5.16. The lowest BCUT2D eigenvalue weighted by Crippen LogP contribution is -2.33. The highest BCUT2D eigenvalue weighted by Gasteiger charge is 2.25. The predicted molar refractivity (Wildman–Crippen MR) is 66.5 cm³/mol. The summed E-state index contributed by atoms with van der Waals surface area (Å²) in [6, 6.07) is 0.277. The van der Waals surface area contributed by atoms with Gasteiger partial charge in [-0.15, -0.1) is 0 Å². The average Bonchev–Trinajstić information content (AvgIpc) is 3.05. The Morgan fingerprint density at radius 1 is 1.37 bits per heavy atom. The first-order valence-corrected chi connectivity index (χ1v) is 6.84. The number of carbonyl (C=O) groups is 2. The monoisotopic (exact) mass is 271 g/mol. The van der Waals surface area contributed by atoms with Gasteiger partial charge in [-0.2, -0.15) is 0 Å². The molecule has 1 aliphatic heterocycles. The van der Waals surface area contributed by atoms with Crippen LogP contribution in [0.1, 0.15) is 32.6 Å². The molecule has 0 aromatic carbocycles. The second-order valence-electron chi connectivity index (χ2n) is 5.06. The van der Waals surface area contributed by atoms with E-state index in [0.29, 0.717) is 6.61 Å². The summed E-state index contributed by atoms with van der Waals surface area (Å²) in [6.45, 7) is 2.54. The van der Waals surface area contributed by atoms with Crippen molar-refractivity contribution in [3.63, 3.8) is 0 Å². The Morgan fingerprint density at radius 3 is 2.79 bits per heavy atom. The van der Waals surface area contributed by atoms with Gasteiger partial charge < -0.3 is 19.5 Å². The molecule has 1 aliphatic carbocycles. The lowest BCUT2D eigenvalue weighted by molar-refractivity contribution is -0.160. The summed E-state index contributed by atoms with van der Waals surface area (Å²) in [4.78, 5) is 22.9. The highest BCUT2D eigenvalue weighted by atomic mass is 16.6. The van der Waals surface area contributed by atoms with Crippen molar-refractivity contribution >= 4 is 11.9 Å². The largest absolute Gasteiger partial charge is 0.454 e. The van der Waals surface area contributed by atoms with E-state index >= 15 is 0 Å². The summed E-state index contributed by atoms with van der Waals surface area (Å²) in [7, 11) is 0. The maximum atomic E-state index is 11.6. The highest BCUT2D eigenvalue weighted by Crippen LogP contribution is 2.18. The van der Waals surface area contributed by atoms with E-state index in [-0.39, 0.29) is 24.7 Å². The van der Waals surface area contributed by atoms with Crippen molar-refractivity contribution in [2.45, 2.75) is 50.9 Å². The number of amides is 1. The van der Waals surface area contributed by atoms with Gasteiger partial charge in [0, 0.05) is 12.6 Å². The van der Waals surface area contributed by atoms with Gasteiger partial charge in [-0.1, -0.05) is 0 Å². The van der Waals surface area contributed by atoms with Crippen LogP contribution in [0.3, 0.4) is 0 Å². The summed E-state index contributed by atoms with van der Waals surface area (Å²) >= 11 is 0. The quantitative estimate of drug-likeness (QED) is 0.678. The summed E-state index contributed by atoms with van der Waals surface area (Å²) in [6.07, 6.45) is 3.44. The lowest BCUT2D eigenvalue weighted by atomic mass is 10.2. The van der Waals surface area contributed by atoms with Crippen LogP contribution in [-0.4, -0.2) is 49.9 Å². The molecule has 1 amide bonds. The Bertz CT molecular complexity index is 323. The van der Waals surface area contributed by atoms with Gasteiger partial charge in [0.05, 0.1) is 12.7 Å². The van der Waals surface area contributed by atoms with Crippen LogP contribution in [0.15, 0.2) is 0 Å². The maximum Gasteiger partial charge on any atom is 0.335 e. The van der Waals surface area contributed by atoms with Crippen molar-refractivity contribution in [1.82, 2.24) is 5.32 Å². The van der Waals surface area contributed by atoms with Crippen LogP contribution in [0.2, 0.25) is 0 Å². The summed E-state index contributed by atoms with van der Waals surface area (Å²) in [5.41, 5.74) is 0. The van der Waals surface area contributed by atoms with Gasteiger partial charge in [0.15, 0.2) is 12.7 Å². The summed E-state index contributed by atoms with van der Waals surface area (Å²) < 4.78 is 15.7. The molecule has 2 fully saturated rings. The molecule has 108 valence electrons. The van der Waals surface area contributed by atoms with Gasteiger partial charge in [-0.25, -0.2) is 4.79 Å². The summed E-state index contributed by atoms with van der Waals surface area (Å²) in [5.74, 6) is -0.758. The first kappa shape index (κ1) is 14.3. The van der Waals surface area contributed by atoms with Crippen molar-refractivity contribution in [2.75, 3.05) is 19.8 Å². The third-order valence-corrected chi connectivity index (χ3v) is 3.18. The average molecular weight is 271 g/mol. The topological polar surface area (TPSA) is 73.9 Å². The van der Waals surface area contributed by atoms with Gasteiger partial charge in [-0.3, -0.25) is 4.79 Å². The molecular formula is C13H21NO5. The maximum absolute atomic E-state index is 11.6.